The Balaban J connectivity index is 2.75. The van der Waals surface area contributed by atoms with Crippen LogP contribution in [0, 0.1) is 6.92 Å². The molecule has 0 bridgehead atoms. The molecule has 0 radical (unpaired) electrons. The molecule has 0 unspecified atom stereocenters. The Bertz CT molecular complexity index is 388. The molecule has 96 valence electrons. The molecule has 1 aromatic rings. The number of methoxy groups -OCH3 is 1. The lowest BCUT2D eigenvalue weighted by Crippen LogP contribution is -2.35. The number of ether oxygens (including phenoxy) is 1. The Morgan fingerprint density at radius 2 is 2.12 bits per heavy atom. The molecule has 0 saturated heterocycles. The molecule has 0 aliphatic heterocycles. The number of rotatable bonds is 5. The molecule has 0 fully saturated rings. The standard InChI is InChI=1S/C12H20N2O2S/c1-7(2)12-14-9(4)10(17-12)11(15)13-8(3)6-16-5/h7-8H,6H2,1-5H3,(H,13,15)/t8-/m0/s1. The largest absolute Gasteiger partial charge is 0.383 e. The topological polar surface area (TPSA) is 51.2 Å². The second kappa shape index (κ2) is 6.12. The molecule has 1 atom stereocenters. The molecule has 1 heterocycles. The molecule has 0 aromatic carbocycles. The number of carbonyl (C=O) groups is 1. The zero-order valence-electron chi connectivity index (χ0n) is 11.0. The van der Waals surface area contributed by atoms with Gasteiger partial charge in [0.1, 0.15) is 4.88 Å². The van der Waals surface area contributed by atoms with Crippen LogP contribution in [0.3, 0.4) is 0 Å². The van der Waals surface area contributed by atoms with Crippen LogP contribution in [0.5, 0.6) is 0 Å². The molecule has 0 saturated carbocycles. The molecule has 1 rings (SSSR count). The normalized spacial score (nSPS) is 12.8. The van der Waals surface area contributed by atoms with Crippen molar-refractivity contribution >= 4 is 17.2 Å². The third-order valence-corrected chi connectivity index (χ3v) is 3.76. The summed E-state index contributed by atoms with van der Waals surface area (Å²) in [4.78, 5) is 17.1. The van der Waals surface area contributed by atoms with Gasteiger partial charge in [-0.1, -0.05) is 13.8 Å². The van der Waals surface area contributed by atoms with Gasteiger partial charge in [0.15, 0.2) is 0 Å². The van der Waals surface area contributed by atoms with Crippen molar-refractivity contribution in [1.29, 1.82) is 0 Å². The minimum atomic E-state index is -0.0588. The number of thiazole rings is 1. The molecule has 1 amide bonds. The Morgan fingerprint density at radius 1 is 1.47 bits per heavy atom. The average molecular weight is 256 g/mol. The first-order valence-corrected chi connectivity index (χ1v) is 6.54. The number of nitrogens with zero attached hydrogens (tertiary/aromatic N) is 1. The fourth-order valence-corrected chi connectivity index (χ4v) is 2.43. The zero-order valence-corrected chi connectivity index (χ0v) is 11.9. The highest BCUT2D eigenvalue weighted by Crippen LogP contribution is 2.24. The van der Waals surface area contributed by atoms with E-state index in [1.165, 1.54) is 11.3 Å². The van der Waals surface area contributed by atoms with E-state index in [2.05, 4.69) is 24.1 Å². The van der Waals surface area contributed by atoms with Crippen molar-refractivity contribution in [2.24, 2.45) is 0 Å². The van der Waals surface area contributed by atoms with Gasteiger partial charge in [-0.15, -0.1) is 11.3 Å². The van der Waals surface area contributed by atoms with Crippen LogP contribution in [0.25, 0.3) is 0 Å². The van der Waals surface area contributed by atoms with E-state index in [1.54, 1.807) is 7.11 Å². The Morgan fingerprint density at radius 3 is 2.59 bits per heavy atom. The zero-order chi connectivity index (χ0) is 13.0. The smallest absolute Gasteiger partial charge is 0.263 e. The van der Waals surface area contributed by atoms with Crippen LogP contribution >= 0.6 is 11.3 Å². The molecule has 17 heavy (non-hydrogen) atoms. The molecule has 4 nitrogen and oxygen atoms in total. The van der Waals surface area contributed by atoms with Gasteiger partial charge in [0, 0.05) is 19.1 Å². The summed E-state index contributed by atoms with van der Waals surface area (Å²) in [7, 11) is 1.62. The quantitative estimate of drug-likeness (QED) is 0.879. The number of hydrogen-bond acceptors (Lipinski definition) is 4. The number of amides is 1. The van der Waals surface area contributed by atoms with E-state index in [1.807, 2.05) is 13.8 Å². The third-order valence-electron chi connectivity index (χ3n) is 2.31. The number of hydrogen-bond donors (Lipinski definition) is 1. The van der Waals surface area contributed by atoms with Crippen LogP contribution in [0.2, 0.25) is 0 Å². The van der Waals surface area contributed by atoms with Crippen LogP contribution in [-0.4, -0.2) is 30.6 Å². The van der Waals surface area contributed by atoms with Crippen LogP contribution in [0.4, 0.5) is 0 Å². The van der Waals surface area contributed by atoms with E-state index in [0.717, 1.165) is 10.7 Å². The Kier molecular flexibility index (Phi) is 5.08. The van der Waals surface area contributed by atoms with Crippen molar-refractivity contribution in [3.63, 3.8) is 0 Å². The third kappa shape index (κ3) is 3.78. The monoisotopic (exact) mass is 256 g/mol. The van der Waals surface area contributed by atoms with E-state index in [9.17, 15) is 4.79 Å². The SMILES string of the molecule is COC[C@H](C)NC(=O)c1sc(C(C)C)nc1C. The fourth-order valence-electron chi connectivity index (χ4n) is 1.46. The minimum absolute atomic E-state index is 0.0106. The lowest BCUT2D eigenvalue weighted by atomic mass is 10.2. The summed E-state index contributed by atoms with van der Waals surface area (Å²) < 4.78 is 4.99. The average Bonchev–Trinajstić information content (AvgIpc) is 2.60. The van der Waals surface area contributed by atoms with Gasteiger partial charge < -0.3 is 10.1 Å². The van der Waals surface area contributed by atoms with E-state index < -0.39 is 0 Å². The summed E-state index contributed by atoms with van der Waals surface area (Å²) in [6, 6.07) is 0.0106. The van der Waals surface area contributed by atoms with E-state index in [4.69, 9.17) is 4.74 Å². The van der Waals surface area contributed by atoms with Crippen molar-refractivity contribution in [2.75, 3.05) is 13.7 Å². The highest BCUT2D eigenvalue weighted by molar-refractivity contribution is 7.13. The number of carbonyl (C=O) groups excluding carboxylic acids is 1. The maximum Gasteiger partial charge on any atom is 0.263 e. The van der Waals surface area contributed by atoms with Gasteiger partial charge in [-0.3, -0.25) is 4.79 Å². The van der Waals surface area contributed by atoms with Crippen LogP contribution in [-0.2, 0) is 4.74 Å². The minimum Gasteiger partial charge on any atom is -0.383 e. The Labute approximate surface area is 106 Å². The molecular formula is C12H20N2O2S. The van der Waals surface area contributed by atoms with Gasteiger partial charge in [-0.2, -0.15) is 0 Å². The highest BCUT2D eigenvalue weighted by atomic mass is 32.1. The van der Waals surface area contributed by atoms with Crippen LogP contribution in [0.15, 0.2) is 0 Å². The van der Waals surface area contributed by atoms with Crippen LogP contribution in [0.1, 0.15) is 47.1 Å². The molecule has 0 aliphatic rings. The summed E-state index contributed by atoms with van der Waals surface area (Å²) in [6.07, 6.45) is 0. The fraction of sp³-hybridized carbons (Fsp3) is 0.667. The molecule has 0 aliphatic carbocycles. The maximum absolute atomic E-state index is 12.0. The molecule has 1 N–H and O–H groups in total. The van der Waals surface area contributed by atoms with Crippen molar-refractivity contribution in [1.82, 2.24) is 10.3 Å². The van der Waals surface area contributed by atoms with Gasteiger partial charge in [0.2, 0.25) is 0 Å². The second-order valence-electron chi connectivity index (χ2n) is 4.45. The molecule has 5 heteroatoms. The van der Waals surface area contributed by atoms with E-state index in [-0.39, 0.29) is 11.9 Å². The van der Waals surface area contributed by atoms with Gasteiger partial charge in [0.05, 0.1) is 17.3 Å². The lowest BCUT2D eigenvalue weighted by Gasteiger charge is -2.11. The Hall–Kier alpha value is -0.940. The summed E-state index contributed by atoms with van der Waals surface area (Å²) >= 11 is 1.47. The van der Waals surface area contributed by atoms with Gasteiger partial charge in [-0.05, 0) is 13.8 Å². The highest BCUT2D eigenvalue weighted by Gasteiger charge is 2.18. The number of nitrogens with one attached hydrogen (secondary N) is 1. The van der Waals surface area contributed by atoms with Crippen LogP contribution < -0.4 is 5.32 Å². The van der Waals surface area contributed by atoms with E-state index in [0.29, 0.717) is 17.4 Å². The van der Waals surface area contributed by atoms with Crippen molar-refractivity contribution in [2.45, 2.75) is 39.7 Å². The lowest BCUT2D eigenvalue weighted by molar-refractivity contribution is 0.0909. The first kappa shape index (κ1) is 14.1. The summed E-state index contributed by atoms with van der Waals surface area (Å²) in [5, 5.41) is 3.90. The van der Waals surface area contributed by atoms with E-state index >= 15 is 0 Å². The number of aryl methyl sites for hydroxylation is 1. The van der Waals surface area contributed by atoms with Gasteiger partial charge >= 0.3 is 0 Å². The maximum atomic E-state index is 12.0. The predicted octanol–water partition coefficient (Wildman–Crippen LogP) is 2.34. The molecular weight excluding hydrogens is 236 g/mol. The number of aromatic nitrogens is 1. The molecule has 0 spiro atoms. The molecule has 1 aromatic heterocycles. The summed E-state index contributed by atoms with van der Waals surface area (Å²) in [5.74, 6) is 0.299. The van der Waals surface area contributed by atoms with Gasteiger partial charge in [-0.25, -0.2) is 4.98 Å². The first-order chi connectivity index (χ1) is 7.95. The first-order valence-electron chi connectivity index (χ1n) is 5.72. The summed E-state index contributed by atoms with van der Waals surface area (Å²) in [6.45, 7) is 8.46. The van der Waals surface area contributed by atoms with Crippen molar-refractivity contribution < 1.29 is 9.53 Å². The van der Waals surface area contributed by atoms with Crippen molar-refractivity contribution in [3.8, 4) is 0 Å². The van der Waals surface area contributed by atoms with Gasteiger partial charge in [0.25, 0.3) is 5.91 Å². The summed E-state index contributed by atoms with van der Waals surface area (Å²) in [5.41, 5.74) is 0.806. The second-order valence-corrected chi connectivity index (χ2v) is 5.48. The predicted molar refractivity (Wildman–Crippen MR) is 69.7 cm³/mol. The van der Waals surface area contributed by atoms with Crippen molar-refractivity contribution in [3.05, 3.63) is 15.6 Å².